The summed E-state index contributed by atoms with van der Waals surface area (Å²) < 4.78 is 0. The molecule has 20 heavy (non-hydrogen) atoms. The van der Waals surface area contributed by atoms with Crippen molar-refractivity contribution in [2.45, 2.75) is 26.8 Å². The summed E-state index contributed by atoms with van der Waals surface area (Å²) >= 11 is 0. The number of hydrogen-bond donors (Lipinski definition) is 1. The Kier molecular flexibility index (Phi) is 5.16. The van der Waals surface area contributed by atoms with E-state index in [0.717, 1.165) is 19.6 Å². The van der Waals surface area contributed by atoms with Crippen LogP contribution in [0.4, 0.5) is 0 Å². The third-order valence-electron chi connectivity index (χ3n) is 3.75. The highest BCUT2D eigenvalue weighted by molar-refractivity contribution is 5.86. The number of nitrogens with two attached hydrogens (primary N) is 1. The second-order valence-corrected chi connectivity index (χ2v) is 5.92. The maximum Gasteiger partial charge on any atom is 0.0430 e. The normalized spacial score (nSPS) is 13.3. The Morgan fingerprint density at radius 2 is 1.70 bits per heavy atom. The lowest BCUT2D eigenvalue weighted by molar-refractivity contribution is 0.242. The first-order valence-corrected chi connectivity index (χ1v) is 7.57. The fourth-order valence-corrected chi connectivity index (χ4v) is 2.80. The SMILES string of the molecule is CCN(CC(C)C)CC(N)c1cccc2ccccc12. The highest BCUT2D eigenvalue weighted by atomic mass is 15.1. The van der Waals surface area contributed by atoms with Gasteiger partial charge in [-0.2, -0.15) is 0 Å². The molecule has 1 unspecified atom stereocenters. The number of hydrogen-bond acceptors (Lipinski definition) is 2. The Morgan fingerprint density at radius 1 is 1.00 bits per heavy atom. The van der Waals surface area contributed by atoms with Gasteiger partial charge in [0.2, 0.25) is 0 Å². The van der Waals surface area contributed by atoms with Crippen molar-refractivity contribution in [2.75, 3.05) is 19.6 Å². The summed E-state index contributed by atoms with van der Waals surface area (Å²) in [6, 6.07) is 15.0. The van der Waals surface area contributed by atoms with Crippen molar-refractivity contribution < 1.29 is 0 Å². The van der Waals surface area contributed by atoms with Crippen LogP contribution in [0.2, 0.25) is 0 Å². The molecule has 108 valence electrons. The molecule has 0 aliphatic rings. The zero-order valence-electron chi connectivity index (χ0n) is 12.8. The van der Waals surface area contributed by atoms with E-state index in [1.54, 1.807) is 0 Å². The maximum absolute atomic E-state index is 6.47. The topological polar surface area (TPSA) is 29.3 Å². The lowest BCUT2D eigenvalue weighted by Crippen LogP contribution is -2.34. The Morgan fingerprint density at radius 3 is 2.40 bits per heavy atom. The first kappa shape index (κ1) is 15.0. The minimum Gasteiger partial charge on any atom is -0.323 e. The lowest BCUT2D eigenvalue weighted by atomic mass is 9.98. The van der Waals surface area contributed by atoms with Crippen molar-refractivity contribution in [1.29, 1.82) is 0 Å². The van der Waals surface area contributed by atoms with E-state index in [2.05, 4.69) is 68.1 Å². The van der Waals surface area contributed by atoms with Gasteiger partial charge in [-0.15, -0.1) is 0 Å². The Hall–Kier alpha value is -1.38. The van der Waals surface area contributed by atoms with Crippen LogP contribution in [0.5, 0.6) is 0 Å². The number of benzene rings is 2. The molecule has 0 aliphatic carbocycles. The smallest absolute Gasteiger partial charge is 0.0430 e. The van der Waals surface area contributed by atoms with Gasteiger partial charge in [-0.1, -0.05) is 63.2 Å². The molecule has 0 heterocycles. The molecule has 0 radical (unpaired) electrons. The quantitative estimate of drug-likeness (QED) is 0.864. The molecule has 0 bridgehead atoms. The van der Waals surface area contributed by atoms with Crippen molar-refractivity contribution in [3.63, 3.8) is 0 Å². The van der Waals surface area contributed by atoms with Gasteiger partial charge in [0.1, 0.15) is 0 Å². The van der Waals surface area contributed by atoms with Gasteiger partial charge in [0.25, 0.3) is 0 Å². The molecule has 0 saturated heterocycles. The second kappa shape index (κ2) is 6.87. The van der Waals surface area contributed by atoms with E-state index in [0.29, 0.717) is 5.92 Å². The molecule has 2 aromatic rings. The highest BCUT2D eigenvalue weighted by Gasteiger charge is 2.14. The van der Waals surface area contributed by atoms with Crippen LogP contribution in [-0.4, -0.2) is 24.5 Å². The molecule has 0 aliphatic heterocycles. The van der Waals surface area contributed by atoms with Gasteiger partial charge in [-0.25, -0.2) is 0 Å². The van der Waals surface area contributed by atoms with Crippen molar-refractivity contribution in [3.8, 4) is 0 Å². The highest BCUT2D eigenvalue weighted by Crippen LogP contribution is 2.23. The van der Waals surface area contributed by atoms with Gasteiger partial charge >= 0.3 is 0 Å². The van der Waals surface area contributed by atoms with Gasteiger partial charge in [0, 0.05) is 19.1 Å². The summed E-state index contributed by atoms with van der Waals surface area (Å²) in [7, 11) is 0. The summed E-state index contributed by atoms with van der Waals surface area (Å²) in [5.41, 5.74) is 7.73. The van der Waals surface area contributed by atoms with E-state index in [1.165, 1.54) is 16.3 Å². The Bertz CT molecular complexity index is 543. The minimum atomic E-state index is 0.0693. The number of fused-ring (bicyclic) bond motifs is 1. The number of nitrogens with zero attached hydrogens (tertiary/aromatic N) is 1. The van der Waals surface area contributed by atoms with Gasteiger partial charge in [-0.05, 0) is 28.8 Å². The molecule has 2 aromatic carbocycles. The van der Waals surface area contributed by atoms with Crippen LogP contribution >= 0.6 is 0 Å². The first-order chi connectivity index (χ1) is 9.61. The molecule has 0 aromatic heterocycles. The molecule has 1 atom stereocenters. The summed E-state index contributed by atoms with van der Waals surface area (Å²) in [5.74, 6) is 0.676. The molecule has 2 rings (SSSR count). The van der Waals surface area contributed by atoms with Crippen molar-refractivity contribution in [2.24, 2.45) is 11.7 Å². The maximum atomic E-state index is 6.47. The Balaban J connectivity index is 2.20. The average Bonchev–Trinajstić information content (AvgIpc) is 2.45. The minimum absolute atomic E-state index is 0.0693. The first-order valence-electron chi connectivity index (χ1n) is 7.57. The fourth-order valence-electron chi connectivity index (χ4n) is 2.80. The van der Waals surface area contributed by atoms with Gasteiger partial charge in [0.05, 0.1) is 0 Å². The molecule has 0 spiro atoms. The van der Waals surface area contributed by atoms with E-state index in [-0.39, 0.29) is 6.04 Å². The molecule has 0 amide bonds. The average molecular weight is 270 g/mol. The second-order valence-electron chi connectivity index (χ2n) is 5.92. The van der Waals surface area contributed by atoms with Gasteiger partial charge in [0.15, 0.2) is 0 Å². The zero-order chi connectivity index (χ0) is 14.5. The van der Waals surface area contributed by atoms with Gasteiger partial charge in [-0.3, -0.25) is 0 Å². The van der Waals surface area contributed by atoms with E-state index in [9.17, 15) is 0 Å². The summed E-state index contributed by atoms with van der Waals surface area (Å²) in [5, 5.41) is 2.55. The van der Waals surface area contributed by atoms with E-state index in [1.807, 2.05) is 0 Å². The van der Waals surface area contributed by atoms with E-state index >= 15 is 0 Å². The lowest BCUT2D eigenvalue weighted by Gasteiger charge is -2.26. The third-order valence-corrected chi connectivity index (χ3v) is 3.75. The van der Waals surface area contributed by atoms with Crippen LogP contribution in [0.3, 0.4) is 0 Å². The van der Waals surface area contributed by atoms with Crippen LogP contribution in [-0.2, 0) is 0 Å². The Labute approximate surface area is 122 Å². The van der Waals surface area contributed by atoms with Crippen molar-refractivity contribution >= 4 is 10.8 Å². The molecule has 2 N–H and O–H groups in total. The van der Waals surface area contributed by atoms with Crippen molar-refractivity contribution in [1.82, 2.24) is 4.90 Å². The standard InChI is InChI=1S/C18H26N2/c1-4-20(12-14(2)3)13-18(19)17-11-7-9-15-8-5-6-10-16(15)17/h5-11,14,18H,4,12-13,19H2,1-3H3. The fraction of sp³-hybridized carbons (Fsp3) is 0.444. The van der Waals surface area contributed by atoms with Crippen LogP contribution in [0.25, 0.3) is 10.8 Å². The summed E-state index contributed by atoms with van der Waals surface area (Å²) in [4.78, 5) is 2.44. The molecular weight excluding hydrogens is 244 g/mol. The van der Waals surface area contributed by atoms with Gasteiger partial charge < -0.3 is 10.6 Å². The zero-order valence-corrected chi connectivity index (χ0v) is 12.8. The summed E-state index contributed by atoms with van der Waals surface area (Å²) in [6.07, 6.45) is 0. The molecular formula is C18H26N2. The van der Waals surface area contributed by atoms with Crippen LogP contribution in [0.1, 0.15) is 32.4 Å². The number of likely N-dealkylation sites (N-methyl/N-ethyl adjacent to an activating group) is 1. The predicted molar refractivity (Wildman–Crippen MR) is 87.8 cm³/mol. The molecule has 2 nitrogen and oxygen atoms in total. The monoisotopic (exact) mass is 270 g/mol. The summed E-state index contributed by atoms with van der Waals surface area (Å²) in [6.45, 7) is 9.80. The molecule has 0 saturated carbocycles. The third kappa shape index (κ3) is 3.59. The number of rotatable bonds is 6. The molecule has 2 heteroatoms. The predicted octanol–water partition coefficient (Wildman–Crippen LogP) is 3.82. The van der Waals surface area contributed by atoms with Crippen LogP contribution < -0.4 is 5.73 Å². The largest absolute Gasteiger partial charge is 0.323 e. The molecule has 0 fully saturated rings. The van der Waals surface area contributed by atoms with Crippen LogP contribution in [0.15, 0.2) is 42.5 Å². The van der Waals surface area contributed by atoms with Crippen LogP contribution in [0, 0.1) is 5.92 Å². The van der Waals surface area contributed by atoms with Crippen molar-refractivity contribution in [3.05, 3.63) is 48.0 Å². The van der Waals surface area contributed by atoms with E-state index < -0.39 is 0 Å². The van der Waals surface area contributed by atoms with E-state index in [4.69, 9.17) is 5.73 Å².